The zero-order valence-electron chi connectivity index (χ0n) is 19.2. The van der Waals surface area contributed by atoms with Gasteiger partial charge in [0.1, 0.15) is 5.75 Å². The molecule has 1 atom stereocenters. The predicted octanol–water partition coefficient (Wildman–Crippen LogP) is 4.02. The molecule has 0 aliphatic carbocycles. The molecule has 34 heavy (non-hydrogen) atoms. The number of piperazine rings is 1. The Morgan fingerprint density at radius 2 is 1.68 bits per heavy atom. The molecule has 3 rings (SSSR count). The molecule has 2 aromatic carbocycles. The first kappa shape index (κ1) is 25.8. The summed E-state index contributed by atoms with van der Waals surface area (Å²) in [7, 11) is -3.66. The number of alkyl halides is 3. The fourth-order valence-corrected chi connectivity index (χ4v) is 5.37. The van der Waals surface area contributed by atoms with Gasteiger partial charge in [0, 0.05) is 26.2 Å². The second kappa shape index (κ2) is 10.2. The summed E-state index contributed by atoms with van der Waals surface area (Å²) in [4.78, 5) is 14.5. The maximum Gasteiger partial charge on any atom is 0.422 e. The smallest absolute Gasteiger partial charge is 0.422 e. The standard InChI is InChI=1S/C23H28F3N3O4S/c1-16-4-5-17(2)21(14-16)34(31,32)29-12-10-28(11-13-29)22(30)27-18(3)19-6-8-20(9-7-19)33-15-23(24,25)26/h4-9,14,18H,10-13,15H2,1-3H3,(H,27,30). The molecule has 1 unspecified atom stereocenters. The largest absolute Gasteiger partial charge is 0.484 e. The zero-order valence-corrected chi connectivity index (χ0v) is 20.0. The lowest BCUT2D eigenvalue weighted by molar-refractivity contribution is -0.153. The molecule has 1 N–H and O–H groups in total. The van der Waals surface area contributed by atoms with E-state index in [1.165, 1.54) is 16.4 Å². The Bertz CT molecular complexity index is 1110. The molecule has 186 valence electrons. The Labute approximate surface area is 197 Å². The van der Waals surface area contributed by atoms with Gasteiger partial charge in [-0.05, 0) is 55.7 Å². The molecule has 0 bridgehead atoms. The van der Waals surface area contributed by atoms with Gasteiger partial charge < -0.3 is 15.0 Å². The van der Waals surface area contributed by atoms with Crippen LogP contribution in [0.4, 0.5) is 18.0 Å². The summed E-state index contributed by atoms with van der Waals surface area (Å²) in [5.41, 5.74) is 2.23. The number of ether oxygens (including phenoxy) is 1. The number of halogens is 3. The number of nitrogens with zero attached hydrogens (tertiary/aromatic N) is 2. The van der Waals surface area contributed by atoms with Gasteiger partial charge in [0.25, 0.3) is 0 Å². The number of carbonyl (C=O) groups is 1. The number of sulfonamides is 1. The average molecular weight is 500 g/mol. The molecular weight excluding hydrogens is 471 g/mol. The molecule has 1 saturated heterocycles. The van der Waals surface area contributed by atoms with Crippen LogP contribution in [-0.2, 0) is 10.0 Å². The molecule has 1 heterocycles. The fourth-order valence-electron chi connectivity index (χ4n) is 3.63. The number of aryl methyl sites for hydroxylation is 2. The molecule has 2 aromatic rings. The van der Waals surface area contributed by atoms with Crippen molar-refractivity contribution in [1.82, 2.24) is 14.5 Å². The van der Waals surface area contributed by atoms with Gasteiger partial charge in [-0.1, -0.05) is 24.3 Å². The van der Waals surface area contributed by atoms with Crippen molar-refractivity contribution in [3.8, 4) is 5.75 Å². The minimum absolute atomic E-state index is 0.0841. The van der Waals surface area contributed by atoms with Crippen LogP contribution >= 0.6 is 0 Å². The molecule has 2 amide bonds. The van der Waals surface area contributed by atoms with Crippen molar-refractivity contribution in [3.63, 3.8) is 0 Å². The monoisotopic (exact) mass is 499 g/mol. The highest BCUT2D eigenvalue weighted by Gasteiger charge is 2.31. The maximum atomic E-state index is 13.1. The number of urea groups is 1. The number of benzene rings is 2. The Hall–Kier alpha value is -2.79. The molecule has 1 fully saturated rings. The lowest BCUT2D eigenvalue weighted by Gasteiger charge is -2.35. The number of hydrogen-bond acceptors (Lipinski definition) is 4. The minimum Gasteiger partial charge on any atom is -0.484 e. The van der Waals surface area contributed by atoms with Crippen LogP contribution in [0.15, 0.2) is 47.4 Å². The summed E-state index contributed by atoms with van der Waals surface area (Å²) in [5.74, 6) is 0.0841. The van der Waals surface area contributed by atoms with E-state index in [4.69, 9.17) is 4.74 Å². The molecule has 11 heteroatoms. The molecule has 0 aromatic heterocycles. The van der Waals surface area contributed by atoms with Crippen molar-refractivity contribution in [2.45, 2.75) is 37.9 Å². The second-order valence-electron chi connectivity index (χ2n) is 8.30. The predicted molar refractivity (Wildman–Crippen MR) is 121 cm³/mol. The van der Waals surface area contributed by atoms with E-state index in [9.17, 15) is 26.4 Å². The van der Waals surface area contributed by atoms with E-state index < -0.39 is 28.8 Å². The van der Waals surface area contributed by atoms with Gasteiger partial charge in [-0.25, -0.2) is 13.2 Å². The highest BCUT2D eigenvalue weighted by molar-refractivity contribution is 7.89. The van der Waals surface area contributed by atoms with E-state index >= 15 is 0 Å². The Balaban J connectivity index is 1.55. The van der Waals surface area contributed by atoms with Crippen molar-refractivity contribution in [2.75, 3.05) is 32.8 Å². The Kier molecular flexibility index (Phi) is 7.77. The number of rotatable bonds is 6. The van der Waals surface area contributed by atoms with Crippen LogP contribution in [-0.4, -0.2) is 62.6 Å². The number of amides is 2. The first-order chi connectivity index (χ1) is 15.9. The van der Waals surface area contributed by atoms with E-state index in [-0.39, 0.29) is 42.9 Å². The molecule has 7 nitrogen and oxygen atoms in total. The van der Waals surface area contributed by atoms with E-state index in [1.807, 2.05) is 13.0 Å². The third-order valence-electron chi connectivity index (χ3n) is 5.61. The highest BCUT2D eigenvalue weighted by Crippen LogP contribution is 2.24. The van der Waals surface area contributed by atoms with Crippen molar-refractivity contribution in [1.29, 1.82) is 0 Å². The summed E-state index contributed by atoms with van der Waals surface area (Å²) in [6, 6.07) is 10.6. The van der Waals surface area contributed by atoms with E-state index in [2.05, 4.69) is 5.32 Å². The molecule has 0 radical (unpaired) electrons. The summed E-state index contributed by atoms with van der Waals surface area (Å²) in [6.45, 7) is 4.83. The van der Waals surface area contributed by atoms with Gasteiger partial charge in [-0.2, -0.15) is 17.5 Å². The van der Waals surface area contributed by atoms with Crippen molar-refractivity contribution in [2.24, 2.45) is 0 Å². The summed E-state index contributed by atoms with van der Waals surface area (Å²) < 4.78 is 69.0. The lowest BCUT2D eigenvalue weighted by atomic mass is 10.1. The van der Waals surface area contributed by atoms with Crippen LogP contribution < -0.4 is 10.1 Å². The van der Waals surface area contributed by atoms with Crippen LogP contribution in [0.5, 0.6) is 5.75 Å². The highest BCUT2D eigenvalue weighted by atomic mass is 32.2. The van der Waals surface area contributed by atoms with Gasteiger partial charge in [0.15, 0.2) is 6.61 Å². The number of carbonyl (C=O) groups excluding carboxylic acids is 1. The molecule has 1 aliphatic heterocycles. The first-order valence-corrected chi connectivity index (χ1v) is 12.2. The zero-order chi connectivity index (χ0) is 25.1. The molecule has 0 spiro atoms. The Morgan fingerprint density at radius 1 is 1.06 bits per heavy atom. The summed E-state index contributed by atoms with van der Waals surface area (Å²) in [6.07, 6.45) is -4.41. The van der Waals surface area contributed by atoms with E-state index in [1.54, 1.807) is 43.0 Å². The number of nitrogens with one attached hydrogen (secondary N) is 1. The first-order valence-electron chi connectivity index (χ1n) is 10.8. The van der Waals surface area contributed by atoms with Crippen molar-refractivity contribution < 1.29 is 31.1 Å². The van der Waals surface area contributed by atoms with E-state index in [0.717, 1.165) is 5.56 Å². The third-order valence-corrected chi connectivity index (χ3v) is 7.65. The fraction of sp³-hybridized carbons (Fsp3) is 0.435. The van der Waals surface area contributed by atoms with Gasteiger partial charge in [-0.15, -0.1) is 0 Å². The summed E-state index contributed by atoms with van der Waals surface area (Å²) >= 11 is 0. The van der Waals surface area contributed by atoms with Gasteiger partial charge >= 0.3 is 12.2 Å². The second-order valence-corrected chi connectivity index (χ2v) is 10.2. The molecule has 1 aliphatic rings. The third kappa shape index (κ3) is 6.41. The minimum atomic E-state index is -4.41. The summed E-state index contributed by atoms with van der Waals surface area (Å²) in [5, 5.41) is 2.84. The van der Waals surface area contributed by atoms with Crippen LogP contribution in [0.2, 0.25) is 0 Å². The van der Waals surface area contributed by atoms with Gasteiger partial charge in [-0.3, -0.25) is 0 Å². The molecular formula is C23H28F3N3O4S. The topological polar surface area (TPSA) is 79.0 Å². The van der Waals surface area contributed by atoms with Crippen LogP contribution in [0.3, 0.4) is 0 Å². The Morgan fingerprint density at radius 3 is 2.26 bits per heavy atom. The van der Waals surface area contributed by atoms with Crippen LogP contribution in [0.1, 0.15) is 29.7 Å². The van der Waals surface area contributed by atoms with Gasteiger partial charge in [0.05, 0.1) is 10.9 Å². The maximum absolute atomic E-state index is 13.1. The molecule has 0 saturated carbocycles. The van der Waals surface area contributed by atoms with Crippen LogP contribution in [0, 0.1) is 13.8 Å². The van der Waals surface area contributed by atoms with Crippen LogP contribution in [0.25, 0.3) is 0 Å². The van der Waals surface area contributed by atoms with E-state index in [0.29, 0.717) is 11.1 Å². The lowest BCUT2D eigenvalue weighted by Crippen LogP contribution is -2.53. The van der Waals surface area contributed by atoms with Crippen molar-refractivity contribution in [3.05, 3.63) is 59.2 Å². The van der Waals surface area contributed by atoms with Crippen molar-refractivity contribution >= 4 is 16.1 Å². The SMILES string of the molecule is Cc1ccc(C)c(S(=O)(=O)N2CCN(C(=O)NC(C)c3ccc(OCC(F)(F)F)cc3)CC2)c1. The number of hydrogen-bond donors (Lipinski definition) is 1. The van der Waals surface area contributed by atoms with Gasteiger partial charge in [0.2, 0.25) is 10.0 Å². The normalized spacial score (nSPS) is 16.2. The average Bonchev–Trinajstić information content (AvgIpc) is 2.79. The quantitative estimate of drug-likeness (QED) is 0.651.